The number of benzene rings is 1. The molecule has 0 bridgehead atoms. The lowest BCUT2D eigenvalue weighted by molar-refractivity contribution is -0.858. The van der Waals surface area contributed by atoms with Crippen LogP contribution in [-0.4, -0.2) is 47.9 Å². The Kier molecular flexibility index (Phi) is 5.77. The van der Waals surface area contributed by atoms with Gasteiger partial charge in [-0.15, -0.1) is 0 Å². The molecule has 2 N–H and O–H groups in total. The van der Waals surface area contributed by atoms with Gasteiger partial charge in [-0.3, -0.25) is 4.79 Å². The monoisotopic (exact) mass is 386 g/mol. The molecule has 0 atom stereocenters. The summed E-state index contributed by atoms with van der Waals surface area (Å²) in [7, 11) is 4.18. The van der Waals surface area contributed by atoms with Gasteiger partial charge in [0.15, 0.2) is 5.65 Å². The number of nitrogens with one attached hydrogen (secondary N) is 2. The van der Waals surface area contributed by atoms with E-state index in [4.69, 9.17) is 11.6 Å². The van der Waals surface area contributed by atoms with Crippen molar-refractivity contribution in [1.82, 2.24) is 20.1 Å². The fraction of sp³-hybridized carbons (Fsp3) is 0.350. The van der Waals surface area contributed by atoms with Crippen LogP contribution >= 0.6 is 11.6 Å². The average Bonchev–Trinajstić information content (AvgIpc) is 2.97. The number of aryl methyl sites for hydroxylation is 2. The summed E-state index contributed by atoms with van der Waals surface area (Å²) in [6, 6.07) is 8.03. The van der Waals surface area contributed by atoms with Crippen LogP contribution in [0.1, 0.15) is 28.0 Å². The van der Waals surface area contributed by atoms with Crippen molar-refractivity contribution >= 4 is 28.5 Å². The van der Waals surface area contributed by atoms with Crippen molar-refractivity contribution in [2.24, 2.45) is 0 Å². The van der Waals surface area contributed by atoms with E-state index in [0.717, 1.165) is 24.3 Å². The minimum absolute atomic E-state index is 0.203. The van der Waals surface area contributed by atoms with E-state index >= 15 is 0 Å². The number of hydrogen-bond acceptors (Lipinski definition) is 3. The Morgan fingerprint density at radius 2 is 1.93 bits per heavy atom. The third-order valence-corrected chi connectivity index (χ3v) is 4.86. The molecule has 27 heavy (non-hydrogen) atoms. The normalized spacial score (nSPS) is 11.3. The van der Waals surface area contributed by atoms with E-state index in [1.54, 1.807) is 4.68 Å². The highest BCUT2D eigenvalue weighted by Gasteiger charge is 2.19. The van der Waals surface area contributed by atoms with Crippen LogP contribution in [0, 0.1) is 13.8 Å². The van der Waals surface area contributed by atoms with Crippen LogP contribution in [0.3, 0.4) is 0 Å². The number of quaternary nitrogens is 1. The summed E-state index contributed by atoms with van der Waals surface area (Å²) in [6.07, 6.45) is 2.44. The first-order valence-corrected chi connectivity index (χ1v) is 9.44. The van der Waals surface area contributed by atoms with Crippen LogP contribution in [-0.2, 0) is 0 Å². The van der Waals surface area contributed by atoms with Crippen LogP contribution in [0.4, 0.5) is 0 Å². The molecule has 0 unspecified atom stereocenters. The van der Waals surface area contributed by atoms with Gasteiger partial charge in [0.05, 0.1) is 48.0 Å². The molecule has 0 spiro atoms. The molecule has 0 aliphatic rings. The largest absolute Gasteiger partial charge is 0.352 e. The summed E-state index contributed by atoms with van der Waals surface area (Å²) in [6.45, 7) is 5.52. The Labute approximate surface area is 164 Å². The standard InChI is InChI=1S/C20H24ClN5O/c1-13-6-8-15(9-7-13)26-19-17(14(2)24-26)18(21)16(12-23-19)20(27)22-10-5-11-25(3)4/h6-9,12H,5,10-11H2,1-4H3,(H,22,27)/p+1. The molecule has 0 saturated carbocycles. The van der Waals surface area contributed by atoms with E-state index < -0.39 is 0 Å². The molecule has 2 aromatic heterocycles. The molecule has 3 aromatic rings. The van der Waals surface area contributed by atoms with Gasteiger partial charge < -0.3 is 10.2 Å². The van der Waals surface area contributed by atoms with Crippen molar-refractivity contribution in [2.75, 3.05) is 27.2 Å². The number of amides is 1. The number of carbonyl (C=O) groups excluding carboxylic acids is 1. The molecule has 1 amide bonds. The van der Waals surface area contributed by atoms with E-state index in [0.29, 0.717) is 28.2 Å². The number of nitrogens with zero attached hydrogens (tertiary/aromatic N) is 3. The molecule has 3 rings (SSSR count). The van der Waals surface area contributed by atoms with Gasteiger partial charge >= 0.3 is 0 Å². The Bertz CT molecular complexity index is 963. The van der Waals surface area contributed by atoms with Crippen LogP contribution in [0.15, 0.2) is 30.5 Å². The Hall–Kier alpha value is -2.44. The minimum Gasteiger partial charge on any atom is -0.352 e. The Morgan fingerprint density at radius 3 is 2.59 bits per heavy atom. The SMILES string of the molecule is Cc1ccc(-n2nc(C)c3c(Cl)c(C(=O)NCCC[NH+](C)C)cnc32)cc1. The van der Waals surface area contributed by atoms with Crippen molar-refractivity contribution in [3.63, 3.8) is 0 Å². The lowest BCUT2D eigenvalue weighted by Crippen LogP contribution is -3.05. The van der Waals surface area contributed by atoms with Crippen molar-refractivity contribution in [1.29, 1.82) is 0 Å². The summed E-state index contributed by atoms with van der Waals surface area (Å²) in [5.41, 5.74) is 3.86. The second-order valence-electron chi connectivity index (χ2n) is 7.08. The first-order chi connectivity index (χ1) is 12.9. The van der Waals surface area contributed by atoms with E-state index in [1.807, 2.05) is 38.1 Å². The maximum atomic E-state index is 12.5. The third kappa shape index (κ3) is 4.12. The van der Waals surface area contributed by atoms with Crippen LogP contribution in [0.5, 0.6) is 0 Å². The minimum atomic E-state index is -0.203. The van der Waals surface area contributed by atoms with Crippen LogP contribution in [0.25, 0.3) is 16.7 Å². The summed E-state index contributed by atoms with van der Waals surface area (Å²) in [5.74, 6) is -0.203. The second kappa shape index (κ2) is 8.06. The van der Waals surface area contributed by atoms with Gasteiger partial charge in [-0.1, -0.05) is 29.3 Å². The fourth-order valence-electron chi connectivity index (χ4n) is 2.97. The van der Waals surface area contributed by atoms with Crippen molar-refractivity contribution in [3.05, 3.63) is 52.3 Å². The Morgan fingerprint density at radius 1 is 1.22 bits per heavy atom. The molecule has 6 nitrogen and oxygen atoms in total. The van der Waals surface area contributed by atoms with E-state index in [1.165, 1.54) is 16.7 Å². The molecule has 7 heteroatoms. The number of hydrogen-bond donors (Lipinski definition) is 2. The highest BCUT2D eigenvalue weighted by Crippen LogP contribution is 2.30. The number of fused-ring (bicyclic) bond motifs is 1. The second-order valence-corrected chi connectivity index (χ2v) is 7.46. The third-order valence-electron chi connectivity index (χ3n) is 4.47. The topological polar surface area (TPSA) is 64.2 Å². The zero-order chi connectivity index (χ0) is 19.6. The number of rotatable bonds is 6. The molecule has 1 aromatic carbocycles. The molecule has 2 heterocycles. The number of halogens is 1. The molecule has 0 aliphatic carbocycles. The van der Waals surface area contributed by atoms with E-state index in [2.05, 4.69) is 29.5 Å². The maximum Gasteiger partial charge on any atom is 0.254 e. The summed E-state index contributed by atoms with van der Waals surface area (Å²) in [4.78, 5) is 18.4. The molecule has 0 radical (unpaired) electrons. The quantitative estimate of drug-likeness (QED) is 0.636. The molecule has 0 fully saturated rings. The fourth-order valence-corrected chi connectivity index (χ4v) is 3.33. The predicted octanol–water partition coefficient (Wildman–Crippen LogP) is 1.96. The predicted molar refractivity (Wildman–Crippen MR) is 108 cm³/mol. The van der Waals surface area contributed by atoms with Gasteiger partial charge in [-0.2, -0.15) is 5.10 Å². The zero-order valence-electron chi connectivity index (χ0n) is 16.1. The van der Waals surface area contributed by atoms with Gasteiger partial charge in [0, 0.05) is 19.2 Å². The van der Waals surface area contributed by atoms with Gasteiger partial charge in [-0.05, 0) is 26.0 Å². The van der Waals surface area contributed by atoms with E-state index in [-0.39, 0.29) is 5.91 Å². The maximum absolute atomic E-state index is 12.5. The van der Waals surface area contributed by atoms with Gasteiger partial charge in [-0.25, -0.2) is 9.67 Å². The summed E-state index contributed by atoms with van der Waals surface area (Å²) >= 11 is 6.57. The van der Waals surface area contributed by atoms with Crippen molar-refractivity contribution in [3.8, 4) is 5.69 Å². The van der Waals surface area contributed by atoms with Gasteiger partial charge in [0.2, 0.25) is 0 Å². The van der Waals surface area contributed by atoms with Gasteiger partial charge in [0.1, 0.15) is 0 Å². The molecular formula is C20H25ClN5O+. The summed E-state index contributed by atoms with van der Waals surface area (Å²) < 4.78 is 1.76. The Balaban J connectivity index is 1.90. The molecule has 0 aliphatic heterocycles. The van der Waals surface area contributed by atoms with E-state index in [9.17, 15) is 4.79 Å². The molecule has 142 valence electrons. The lowest BCUT2D eigenvalue weighted by Gasteiger charge is -2.09. The first kappa shape index (κ1) is 19.3. The zero-order valence-corrected chi connectivity index (χ0v) is 16.9. The first-order valence-electron chi connectivity index (χ1n) is 9.06. The summed E-state index contributed by atoms with van der Waals surface area (Å²) in [5, 5.41) is 8.61. The lowest BCUT2D eigenvalue weighted by atomic mass is 10.2. The van der Waals surface area contributed by atoms with Crippen molar-refractivity contribution < 1.29 is 9.69 Å². The van der Waals surface area contributed by atoms with Crippen LogP contribution < -0.4 is 10.2 Å². The highest BCUT2D eigenvalue weighted by atomic mass is 35.5. The number of carbonyl (C=O) groups is 1. The van der Waals surface area contributed by atoms with Crippen molar-refractivity contribution in [2.45, 2.75) is 20.3 Å². The number of aromatic nitrogens is 3. The van der Waals surface area contributed by atoms with Gasteiger partial charge in [0.25, 0.3) is 5.91 Å². The molecule has 0 saturated heterocycles. The number of pyridine rings is 1. The highest BCUT2D eigenvalue weighted by molar-refractivity contribution is 6.38. The molecular weight excluding hydrogens is 362 g/mol. The average molecular weight is 387 g/mol. The smallest absolute Gasteiger partial charge is 0.254 e. The van der Waals surface area contributed by atoms with Crippen LogP contribution in [0.2, 0.25) is 5.02 Å².